The molecule has 1 amide bonds. The van der Waals surface area contributed by atoms with Crippen molar-refractivity contribution in [2.75, 3.05) is 13.2 Å². The summed E-state index contributed by atoms with van der Waals surface area (Å²) in [6.45, 7) is 3.65. The van der Waals surface area contributed by atoms with E-state index in [1.807, 2.05) is 12.2 Å². The molecule has 7 heteroatoms. The van der Waals surface area contributed by atoms with Gasteiger partial charge in [-0.05, 0) is 32.4 Å². The van der Waals surface area contributed by atoms with Crippen LogP contribution in [0.1, 0.15) is 30.6 Å². The van der Waals surface area contributed by atoms with Crippen LogP contribution in [0.25, 0.3) is 0 Å². The third-order valence-corrected chi connectivity index (χ3v) is 4.99. The number of carbonyl (C=O) groups excluding carboxylic acids is 3. The topological polar surface area (TPSA) is 90.9 Å². The van der Waals surface area contributed by atoms with Gasteiger partial charge in [0.2, 0.25) is 0 Å². The number of esters is 1. The maximum absolute atomic E-state index is 13.0. The number of amides is 1. The highest BCUT2D eigenvalue weighted by Crippen LogP contribution is 2.49. The van der Waals surface area contributed by atoms with Gasteiger partial charge in [0.1, 0.15) is 6.10 Å². The van der Waals surface area contributed by atoms with Crippen molar-refractivity contribution in [2.24, 2.45) is 11.8 Å². The Morgan fingerprint density at radius 1 is 1.07 bits per heavy atom. The van der Waals surface area contributed by atoms with E-state index in [2.05, 4.69) is 5.32 Å². The van der Waals surface area contributed by atoms with Crippen LogP contribution >= 0.6 is 0 Å². The lowest BCUT2D eigenvalue weighted by Crippen LogP contribution is -2.65. The van der Waals surface area contributed by atoms with Crippen LogP contribution in [0.2, 0.25) is 0 Å². The van der Waals surface area contributed by atoms with E-state index < -0.39 is 29.7 Å². The van der Waals surface area contributed by atoms with Crippen LogP contribution in [0.3, 0.4) is 0 Å². The first kappa shape index (κ1) is 18.9. The molecule has 2 bridgehead atoms. The number of nitrogens with one attached hydrogen (secondary N) is 1. The molecule has 1 aromatic carbocycles. The van der Waals surface area contributed by atoms with E-state index >= 15 is 0 Å². The Hall–Kier alpha value is -2.83. The average molecular weight is 373 g/mol. The lowest BCUT2D eigenvalue weighted by molar-refractivity contribution is -0.157. The molecule has 0 heterocycles. The number of hydrogen-bond acceptors (Lipinski definition) is 6. The molecular formula is C20H23NO6. The molecule has 1 N–H and O–H groups in total. The standard InChI is InChI=1S/C20H23NO6/c1-3-25-18(23)20(21-17(22)13-8-6-5-7-9-13)15-11-10-14(12-15)16(20)27-19(24)26-4-2/h5-11,14-16H,3-4,12H2,1-2H3,(H,21,22)/t14-,15+,16-,20+/m1/s1. The Kier molecular flexibility index (Phi) is 5.48. The summed E-state index contributed by atoms with van der Waals surface area (Å²) >= 11 is 0. The van der Waals surface area contributed by atoms with E-state index in [0.717, 1.165) is 0 Å². The summed E-state index contributed by atoms with van der Waals surface area (Å²) < 4.78 is 15.6. The van der Waals surface area contributed by atoms with Crippen molar-refractivity contribution in [1.29, 1.82) is 0 Å². The minimum Gasteiger partial charge on any atom is -0.464 e. The van der Waals surface area contributed by atoms with Crippen LogP contribution in [0, 0.1) is 11.8 Å². The number of hydrogen-bond donors (Lipinski definition) is 1. The molecule has 0 unspecified atom stereocenters. The zero-order chi connectivity index (χ0) is 19.4. The molecule has 144 valence electrons. The maximum atomic E-state index is 13.0. The van der Waals surface area contributed by atoms with Gasteiger partial charge < -0.3 is 19.5 Å². The lowest BCUT2D eigenvalue weighted by Gasteiger charge is -2.39. The number of carbonyl (C=O) groups is 3. The number of rotatable bonds is 6. The molecule has 0 spiro atoms. The Bertz CT molecular complexity index is 746. The lowest BCUT2D eigenvalue weighted by atomic mass is 9.81. The van der Waals surface area contributed by atoms with E-state index in [-0.39, 0.29) is 25.0 Å². The SMILES string of the molecule is CCOC(=O)O[C@@H]1[C@@H]2C=C[C@@H](C2)[C@@]1(NC(=O)c1ccccc1)C(=O)OCC. The summed E-state index contributed by atoms with van der Waals surface area (Å²) in [7, 11) is 0. The quantitative estimate of drug-likeness (QED) is 0.608. The number of benzene rings is 1. The first-order chi connectivity index (χ1) is 13.0. The minimum atomic E-state index is -1.48. The van der Waals surface area contributed by atoms with E-state index in [9.17, 15) is 14.4 Å². The van der Waals surface area contributed by atoms with Crippen LogP contribution in [-0.4, -0.2) is 42.9 Å². The summed E-state index contributed by atoms with van der Waals surface area (Å²) in [6, 6.07) is 8.57. The van der Waals surface area contributed by atoms with Crippen molar-refractivity contribution in [3.63, 3.8) is 0 Å². The Balaban J connectivity index is 1.95. The summed E-state index contributed by atoms with van der Waals surface area (Å²) in [6.07, 6.45) is 2.60. The highest BCUT2D eigenvalue weighted by molar-refractivity contribution is 5.99. The highest BCUT2D eigenvalue weighted by atomic mass is 16.7. The van der Waals surface area contributed by atoms with Gasteiger partial charge in [-0.25, -0.2) is 9.59 Å². The molecule has 0 saturated heterocycles. The smallest absolute Gasteiger partial charge is 0.464 e. The summed E-state index contributed by atoms with van der Waals surface area (Å²) in [5, 5.41) is 2.82. The van der Waals surface area contributed by atoms with Crippen molar-refractivity contribution >= 4 is 18.0 Å². The third-order valence-electron chi connectivity index (χ3n) is 4.99. The zero-order valence-corrected chi connectivity index (χ0v) is 15.3. The van der Waals surface area contributed by atoms with Crippen molar-refractivity contribution in [3.8, 4) is 0 Å². The van der Waals surface area contributed by atoms with Crippen molar-refractivity contribution in [2.45, 2.75) is 31.9 Å². The molecular weight excluding hydrogens is 350 g/mol. The van der Waals surface area contributed by atoms with Crippen LogP contribution < -0.4 is 5.32 Å². The first-order valence-electron chi connectivity index (χ1n) is 9.09. The average Bonchev–Trinajstić information content (AvgIpc) is 3.25. The largest absolute Gasteiger partial charge is 0.508 e. The molecule has 0 aliphatic heterocycles. The van der Waals surface area contributed by atoms with Gasteiger partial charge in [-0.2, -0.15) is 0 Å². The molecule has 1 aromatic rings. The fourth-order valence-electron chi connectivity index (χ4n) is 3.86. The Morgan fingerprint density at radius 2 is 1.78 bits per heavy atom. The van der Waals surface area contributed by atoms with Gasteiger partial charge in [0, 0.05) is 17.4 Å². The van der Waals surface area contributed by atoms with E-state index in [0.29, 0.717) is 12.0 Å². The van der Waals surface area contributed by atoms with Gasteiger partial charge in [0.05, 0.1) is 13.2 Å². The van der Waals surface area contributed by atoms with Crippen molar-refractivity contribution in [1.82, 2.24) is 5.32 Å². The molecule has 2 aliphatic carbocycles. The third kappa shape index (κ3) is 3.41. The van der Waals surface area contributed by atoms with Gasteiger partial charge in [0.25, 0.3) is 5.91 Å². The first-order valence-corrected chi connectivity index (χ1v) is 9.09. The molecule has 1 saturated carbocycles. The zero-order valence-electron chi connectivity index (χ0n) is 15.3. The maximum Gasteiger partial charge on any atom is 0.508 e. The normalized spacial score (nSPS) is 27.9. The van der Waals surface area contributed by atoms with Gasteiger partial charge in [-0.1, -0.05) is 30.4 Å². The molecule has 0 radical (unpaired) electrons. The second kappa shape index (κ2) is 7.82. The molecule has 0 aromatic heterocycles. The molecule has 2 aliphatic rings. The highest BCUT2D eigenvalue weighted by Gasteiger charge is 2.64. The fourth-order valence-corrected chi connectivity index (χ4v) is 3.86. The molecule has 7 nitrogen and oxygen atoms in total. The van der Waals surface area contributed by atoms with Crippen molar-refractivity contribution < 1.29 is 28.6 Å². The Morgan fingerprint density at radius 3 is 2.44 bits per heavy atom. The van der Waals surface area contributed by atoms with Crippen molar-refractivity contribution in [3.05, 3.63) is 48.0 Å². The second-order valence-electron chi connectivity index (χ2n) is 6.52. The predicted octanol–water partition coefficient (Wildman–Crippen LogP) is 2.47. The molecule has 4 atom stereocenters. The predicted molar refractivity (Wildman–Crippen MR) is 95.9 cm³/mol. The monoisotopic (exact) mass is 373 g/mol. The number of fused-ring (bicyclic) bond motifs is 2. The molecule has 3 rings (SSSR count). The van der Waals surface area contributed by atoms with Gasteiger partial charge in [0.15, 0.2) is 5.54 Å². The molecule has 1 fully saturated rings. The summed E-state index contributed by atoms with van der Waals surface area (Å²) in [5.74, 6) is -1.56. The second-order valence-corrected chi connectivity index (χ2v) is 6.52. The van der Waals surface area contributed by atoms with Gasteiger partial charge in [-0.3, -0.25) is 4.79 Å². The summed E-state index contributed by atoms with van der Waals surface area (Å²) in [5.41, 5.74) is -1.07. The van der Waals surface area contributed by atoms with E-state index in [1.54, 1.807) is 44.2 Å². The van der Waals surface area contributed by atoms with Crippen LogP contribution in [-0.2, 0) is 19.0 Å². The van der Waals surface area contributed by atoms with E-state index in [1.165, 1.54) is 0 Å². The fraction of sp³-hybridized carbons (Fsp3) is 0.450. The van der Waals surface area contributed by atoms with Crippen LogP contribution in [0.5, 0.6) is 0 Å². The Labute approximate surface area is 157 Å². The van der Waals surface area contributed by atoms with Gasteiger partial charge in [-0.15, -0.1) is 0 Å². The van der Waals surface area contributed by atoms with E-state index in [4.69, 9.17) is 14.2 Å². The molecule has 27 heavy (non-hydrogen) atoms. The summed E-state index contributed by atoms with van der Waals surface area (Å²) in [4.78, 5) is 37.8. The number of ether oxygens (including phenoxy) is 3. The van der Waals surface area contributed by atoms with Crippen LogP contribution in [0.4, 0.5) is 4.79 Å². The minimum absolute atomic E-state index is 0.148. The van der Waals surface area contributed by atoms with Crippen LogP contribution in [0.15, 0.2) is 42.5 Å². The van der Waals surface area contributed by atoms with Gasteiger partial charge >= 0.3 is 12.1 Å².